The Hall–Kier alpha value is -1.89. The van der Waals surface area contributed by atoms with Crippen LogP contribution in [0, 0.1) is 6.92 Å². The standard InChI is InChI=1S/C20H27NO5S/c1-15-6-2-3-7-16(15)12-20(23)26-13-19(22)21(17-8-4-5-9-17)18-10-11-27(24,25)14-18/h2-3,6-7,17-18H,4-5,8-14H2,1H3. The number of sulfone groups is 1. The van der Waals surface area contributed by atoms with Gasteiger partial charge in [-0.25, -0.2) is 8.42 Å². The van der Waals surface area contributed by atoms with E-state index in [1.54, 1.807) is 4.90 Å². The summed E-state index contributed by atoms with van der Waals surface area (Å²) < 4.78 is 29.0. The lowest BCUT2D eigenvalue weighted by atomic mass is 10.1. The zero-order valence-electron chi connectivity index (χ0n) is 15.7. The lowest BCUT2D eigenvalue weighted by Crippen LogP contribution is -2.48. The zero-order valence-corrected chi connectivity index (χ0v) is 16.5. The minimum atomic E-state index is -3.08. The van der Waals surface area contributed by atoms with Crippen molar-refractivity contribution >= 4 is 21.7 Å². The molecule has 0 N–H and O–H groups in total. The Morgan fingerprint density at radius 3 is 2.44 bits per heavy atom. The van der Waals surface area contributed by atoms with E-state index in [0.29, 0.717) is 6.42 Å². The molecule has 6 nitrogen and oxygen atoms in total. The first kappa shape index (κ1) is 19.9. The first-order chi connectivity index (χ1) is 12.9. The van der Waals surface area contributed by atoms with Crippen LogP contribution in [-0.4, -0.2) is 55.4 Å². The van der Waals surface area contributed by atoms with E-state index in [1.807, 2.05) is 31.2 Å². The van der Waals surface area contributed by atoms with Gasteiger partial charge in [-0.3, -0.25) is 9.59 Å². The summed E-state index contributed by atoms with van der Waals surface area (Å²) in [6.45, 7) is 1.61. The molecule has 3 rings (SSSR count). The molecule has 1 aliphatic carbocycles. The Labute approximate surface area is 160 Å². The summed E-state index contributed by atoms with van der Waals surface area (Å²) in [6.07, 6.45) is 4.46. The van der Waals surface area contributed by atoms with Crippen LogP contribution in [0.1, 0.15) is 43.2 Å². The highest BCUT2D eigenvalue weighted by Crippen LogP contribution is 2.29. The molecule has 1 saturated heterocycles. The molecule has 1 heterocycles. The number of carbonyl (C=O) groups is 2. The van der Waals surface area contributed by atoms with Crippen molar-refractivity contribution in [2.45, 2.75) is 57.5 Å². The molecule has 1 amide bonds. The van der Waals surface area contributed by atoms with Crippen LogP contribution >= 0.6 is 0 Å². The molecule has 1 unspecified atom stereocenters. The number of hydrogen-bond donors (Lipinski definition) is 0. The lowest BCUT2D eigenvalue weighted by molar-refractivity contribution is -0.153. The van der Waals surface area contributed by atoms with Crippen molar-refractivity contribution in [1.82, 2.24) is 4.90 Å². The highest BCUT2D eigenvalue weighted by molar-refractivity contribution is 7.91. The molecule has 0 aromatic heterocycles. The molecule has 0 bridgehead atoms. The molecule has 1 aliphatic heterocycles. The average molecular weight is 394 g/mol. The van der Waals surface area contributed by atoms with Gasteiger partial charge in [0.1, 0.15) is 0 Å². The Morgan fingerprint density at radius 2 is 1.81 bits per heavy atom. The summed E-state index contributed by atoms with van der Waals surface area (Å²) in [4.78, 5) is 26.7. The van der Waals surface area contributed by atoms with Crippen molar-refractivity contribution in [2.75, 3.05) is 18.1 Å². The van der Waals surface area contributed by atoms with Gasteiger partial charge in [-0.1, -0.05) is 37.1 Å². The first-order valence-corrected chi connectivity index (χ1v) is 11.4. The predicted molar refractivity (Wildman–Crippen MR) is 102 cm³/mol. The Kier molecular flexibility index (Phi) is 6.19. The van der Waals surface area contributed by atoms with Crippen molar-refractivity contribution in [2.24, 2.45) is 0 Å². The molecule has 1 aromatic carbocycles. The van der Waals surface area contributed by atoms with Gasteiger partial charge in [-0.2, -0.15) is 0 Å². The summed E-state index contributed by atoms with van der Waals surface area (Å²) in [5, 5.41) is 0. The van der Waals surface area contributed by atoms with Crippen molar-refractivity contribution < 1.29 is 22.7 Å². The van der Waals surface area contributed by atoms with Crippen molar-refractivity contribution in [3.05, 3.63) is 35.4 Å². The molecule has 0 spiro atoms. The minimum Gasteiger partial charge on any atom is -0.455 e. The van der Waals surface area contributed by atoms with Crippen LogP contribution in [0.3, 0.4) is 0 Å². The number of carbonyl (C=O) groups excluding carboxylic acids is 2. The van der Waals surface area contributed by atoms with Gasteiger partial charge in [0, 0.05) is 12.1 Å². The molecule has 1 saturated carbocycles. The molecule has 148 valence electrons. The molecular formula is C20H27NO5S. The summed E-state index contributed by atoms with van der Waals surface area (Å²) in [5.41, 5.74) is 1.88. The normalized spacial score (nSPS) is 21.9. The average Bonchev–Trinajstić information content (AvgIpc) is 3.25. The number of aryl methyl sites for hydroxylation is 1. The second-order valence-electron chi connectivity index (χ2n) is 7.56. The summed E-state index contributed by atoms with van der Waals surface area (Å²) in [7, 11) is -3.08. The molecule has 27 heavy (non-hydrogen) atoms. The van der Waals surface area contributed by atoms with E-state index in [4.69, 9.17) is 4.74 Å². The number of nitrogens with zero attached hydrogens (tertiary/aromatic N) is 1. The third kappa shape index (κ3) is 5.09. The van der Waals surface area contributed by atoms with E-state index in [-0.39, 0.29) is 42.5 Å². The quantitative estimate of drug-likeness (QED) is 0.691. The topological polar surface area (TPSA) is 80.8 Å². The highest BCUT2D eigenvalue weighted by Gasteiger charge is 2.39. The summed E-state index contributed by atoms with van der Waals surface area (Å²) in [5.74, 6) is -0.571. The molecule has 0 radical (unpaired) electrons. The largest absolute Gasteiger partial charge is 0.455 e. The van der Waals surface area contributed by atoms with Crippen LogP contribution < -0.4 is 0 Å². The van der Waals surface area contributed by atoms with Gasteiger partial charge >= 0.3 is 5.97 Å². The number of ether oxygens (including phenoxy) is 1. The van der Waals surface area contributed by atoms with Gasteiger partial charge in [0.25, 0.3) is 5.91 Å². The van der Waals surface area contributed by atoms with Gasteiger partial charge < -0.3 is 9.64 Å². The Morgan fingerprint density at radius 1 is 1.11 bits per heavy atom. The van der Waals surface area contributed by atoms with E-state index in [1.165, 1.54) is 0 Å². The number of rotatable bonds is 6. The van der Waals surface area contributed by atoms with Crippen LogP contribution in [0.5, 0.6) is 0 Å². The van der Waals surface area contributed by atoms with Crippen LogP contribution in [0.4, 0.5) is 0 Å². The summed E-state index contributed by atoms with van der Waals surface area (Å²) >= 11 is 0. The lowest BCUT2D eigenvalue weighted by Gasteiger charge is -2.33. The van der Waals surface area contributed by atoms with Gasteiger partial charge in [-0.05, 0) is 37.3 Å². The Bertz CT molecular complexity index is 798. The van der Waals surface area contributed by atoms with Gasteiger partial charge in [0.2, 0.25) is 0 Å². The van der Waals surface area contributed by atoms with Crippen molar-refractivity contribution in [3.63, 3.8) is 0 Å². The SMILES string of the molecule is Cc1ccccc1CC(=O)OCC(=O)N(C1CCCC1)C1CCS(=O)(=O)C1. The van der Waals surface area contributed by atoms with Gasteiger partial charge in [0.15, 0.2) is 16.4 Å². The number of benzene rings is 1. The van der Waals surface area contributed by atoms with Crippen LogP contribution in [0.25, 0.3) is 0 Å². The fourth-order valence-corrected chi connectivity index (χ4v) is 5.83. The maximum absolute atomic E-state index is 12.8. The molecule has 1 aromatic rings. The number of hydrogen-bond acceptors (Lipinski definition) is 5. The second kappa shape index (κ2) is 8.42. The monoisotopic (exact) mass is 393 g/mol. The third-order valence-corrected chi connectivity index (χ3v) is 7.31. The number of esters is 1. The van der Waals surface area contributed by atoms with Crippen molar-refractivity contribution in [3.8, 4) is 0 Å². The summed E-state index contributed by atoms with van der Waals surface area (Å²) in [6, 6.07) is 7.33. The predicted octanol–water partition coefficient (Wildman–Crippen LogP) is 2.04. The molecule has 2 fully saturated rings. The highest BCUT2D eigenvalue weighted by atomic mass is 32.2. The zero-order chi connectivity index (χ0) is 19.4. The second-order valence-corrected chi connectivity index (χ2v) is 9.79. The maximum Gasteiger partial charge on any atom is 0.310 e. The van der Waals surface area contributed by atoms with Crippen molar-refractivity contribution in [1.29, 1.82) is 0 Å². The van der Waals surface area contributed by atoms with E-state index in [2.05, 4.69) is 0 Å². The van der Waals surface area contributed by atoms with Crippen LogP contribution in [0.15, 0.2) is 24.3 Å². The molecular weight excluding hydrogens is 366 g/mol. The van der Waals surface area contributed by atoms with Crippen LogP contribution in [-0.2, 0) is 30.6 Å². The van der Waals surface area contributed by atoms with E-state index in [0.717, 1.165) is 36.8 Å². The van der Waals surface area contributed by atoms with E-state index < -0.39 is 15.8 Å². The third-order valence-electron chi connectivity index (χ3n) is 5.56. The van der Waals surface area contributed by atoms with Gasteiger partial charge in [-0.15, -0.1) is 0 Å². The fourth-order valence-electron chi connectivity index (χ4n) is 4.11. The first-order valence-electron chi connectivity index (χ1n) is 9.57. The van der Waals surface area contributed by atoms with E-state index >= 15 is 0 Å². The maximum atomic E-state index is 12.8. The van der Waals surface area contributed by atoms with Crippen LogP contribution in [0.2, 0.25) is 0 Å². The molecule has 2 aliphatic rings. The minimum absolute atomic E-state index is 0.0202. The van der Waals surface area contributed by atoms with Gasteiger partial charge in [0.05, 0.1) is 17.9 Å². The molecule has 7 heteroatoms. The van der Waals surface area contributed by atoms with E-state index in [9.17, 15) is 18.0 Å². The molecule has 1 atom stereocenters. The smallest absolute Gasteiger partial charge is 0.310 e. The number of amides is 1. The Balaban J connectivity index is 1.60. The fraction of sp³-hybridized carbons (Fsp3) is 0.600.